The number of allylic oxidation sites excluding steroid dienone is 4. The quantitative estimate of drug-likeness (QED) is 0.327. The molecule has 0 unspecified atom stereocenters. The Labute approximate surface area is 225 Å². The van der Waals surface area contributed by atoms with Crippen LogP contribution in [-0.2, 0) is 4.43 Å². The van der Waals surface area contributed by atoms with Crippen LogP contribution in [-0.4, -0.2) is 25.6 Å². The van der Waals surface area contributed by atoms with Crippen molar-refractivity contribution in [2.45, 2.75) is 143 Å². The summed E-state index contributed by atoms with van der Waals surface area (Å²) in [6, 6.07) is 0. The molecular weight excluding hydrogens is 456 g/mol. The monoisotopic (exact) mass is 514 g/mol. The maximum absolute atomic E-state index is 10.4. The Hall–Kier alpha value is -0.643. The molecule has 2 nitrogen and oxygen atoms in total. The first-order valence-corrected chi connectivity index (χ1v) is 18.0. The van der Waals surface area contributed by atoms with Crippen LogP contribution in [0.25, 0.3) is 0 Å². The largest absolute Gasteiger partial charge is 0.414 e. The molecule has 0 aromatic carbocycles. The van der Waals surface area contributed by atoms with E-state index in [0.29, 0.717) is 23.4 Å². The summed E-state index contributed by atoms with van der Waals surface area (Å²) in [5, 5.41) is 10.6. The number of rotatable bonds is 8. The lowest BCUT2D eigenvalue weighted by Gasteiger charge is -2.44. The average Bonchev–Trinajstić information content (AvgIpc) is 3.14. The van der Waals surface area contributed by atoms with E-state index in [1.165, 1.54) is 43.3 Å². The van der Waals surface area contributed by atoms with Crippen molar-refractivity contribution in [1.82, 2.24) is 0 Å². The molecule has 0 bridgehead atoms. The third kappa shape index (κ3) is 6.67. The zero-order chi connectivity index (χ0) is 26.9. The van der Waals surface area contributed by atoms with Gasteiger partial charge in [0.25, 0.3) is 0 Å². The Morgan fingerprint density at radius 3 is 2.42 bits per heavy atom. The van der Waals surface area contributed by atoms with Crippen LogP contribution in [0.2, 0.25) is 18.1 Å². The number of fused-ring (bicyclic) bond motifs is 1. The zero-order valence-electron chi connectivity index (χ0n) is 25.3. The molecule has 0 aromatic rings. The van der Waals surface area contributed by atoms with Gasteiger partial charge in [-0.25, -0.2) is 0 Å². The van der Waals surface area contributed by atoms with Crippen LogP contribution < -0.4 is 0 Å². The van der Waals surface area contributed by atoms with Crippen LogP contribution >= 0.6 is 0 Å². The molecule has 3 fully saturated rings. The third-order valence-corrected chi connectivity index (χ3v) is 15.4. The fourth-order valence-corrected chi connectivity index (χ4v) is 8.65. The normalized spacial score (nSPS) is 33.9. The minimum absolute atomic E-state index is 0.154. The van der Waals surface area contributed by atoms with Gasteiger partial charge in [0.2, 0.25) is 0 Å². The van der Waals surface area contributed by atoms with E-state index in [2.05, 4.69) is 80.3 Å². The van der Waals surface area contributed by atoms with Crippen LogP contribution in [0.1, 0.15) is 113 Å². The van der Waals surface area contributed by atoms with Crippen LogP contribution in [0, 0.1) is 29.1 Å². The maximum Gasteiger partial charge on any atom is 0.192 e. The fourth-order valence-electron chi connectivity index (χ4n) is 7.26. The van der Waals surface area contributed by atoms with Gasteiger partial charge in [-0.05, 0) is 117 Å². The van der Waals surface area contributed by atoms with Gasteiger partial charge in [0, 0.05) is 6.10 Å². The molecule has 36 heavy (non-hydrogen) atoms. The maximum atomic E-state index is 10.4. The van der Waals surface area contributed by atoms with Crippen molar-refractivity contribution in [1.29, 1.82) is 0 Å². The van der Waals surface area contributed by atoms with Gasteiger partial charge in [-0.1, -0.05) is 78.3 Å². The fraction of sp³-hybridized carbons (Fsp3) is 0.818. The molecule has 6 atom stereocenters. The molecule has 0 aromatic heterocycles. The van der Waals surface area contributed by atoms with Gasteiger partial charge < -0.3 is 9.53 Å². The highest BCUT2D eigenvalue weighted by molar-refractivity contribution is 6.74. The lowest BCUT2D eigenvalue weighted by Crippen LogP contribution is -2.44. The Morgan fingerprint density at radius 1 is 1.08 bits per heavy atom. The summed E-state index contributed by atoms with van der Waals surface area (Å²) in [6.45, 7) is 25.5. The van der Waals surface area contributed by atoms with E-state index < -0.39 is 8.32 Å². The predicted molar refractivity (Wildman–Crippen MR) is 159 cm³/mol. The summed E-state index contributed by atoms with van der Waals surface area (Å²) in [5.74, 6) is 2.56. The van der Waals surface area contributed by atoms with Gasteiger partial charge in [0.1, 0.15) is 0 Å². The molecule has 3 aliphatic rings. The molecule has 3 rings (SSSR count). The molecule has 3 saturated carbocycles. The second-order valence-corrected chi connectivity index (χ2v) is 19.5. The molecule has 3 heteroatoms. The highest BCUT2D eigenvalue weighted by atomic mass is 28.4. The minimum Gasteiger partial charge on any atom is -0.414 e. The summed E-state index contributed by atoms with van der Waals surface area (Å²) in [6.07, 6.45) is 17.1. The minimum atomic E-state index is -1.75. The number of aliphatic hydroxyl groups is 1. The van der Waals surface area contributed by atoms with Crippen molar-refractivity contribution in [2.75, 3.05) is 0 Å². The molecule has 0 spiro atoms. The third-order valence-electron chi connectivity index (χ3n) is 10.8. The lowest BCUT2D eigenvalue weighted by atomic mass is 9.60. The first kappa shape index (κ1) is 29.9. The average molecular weight is 515 g/mol. The van der Waals surface area contributed by atoms with E-state index in [9.17, 15) is 5.11 Å². The SMILES string of the molecule is C=C1CC[C@H](O[Si](C)(C)C(C)(C)C)CC1=CC=C1CCC[C@]2(C)[C@@H]([C@H](C)CC[C@@H](O)C(C)C)CC[C@@H]12. The van der Waals surface area contributed by atoms with Crippen molar-refractivity contribution in [3.8, 4) is 0 Å². The molecular formula is C33H58O2Si. The Kier molecular flexibility index (Phi) is 9.65. The van der Waals surface area contributed by atoms with E-state index in [-0.39, 0.29) is 11.1 Å². The highest BCUT2D eigenvalue weighted by Gasteiger charge is 2.50. The van der Waals surface area contributed by atoms with Gasteiger partial charge in [0.15, 0.2) is 8.32 Å². The molecule has 1 N–H and O–H groups in total. The number of hydrogen-bond acceptors (Lipinski definition) is 2. The highest BCUT2D eigenvalue weighted by Crippen LogP contribution is 2.60. The summed E-state index contributed by atoms with van der Waals surface area (Å²) in [5.41, 5.74) is 4.85. The smallest absolute Gasteiger partial charge is 0.192 e. The zero-order valence-corrected chi connectivity index (χ0v) is 26.3. The van der Waals surface area contributed by atoms with Gasteiger partial charge in [-0.15, -0.1) is 0 Å². The molecule has 0 saturated heterocycles. The molecule has 3 aliphatic carbocycles. The molecule has 0 aliphatic heterocycles. The topological polar surface area (TPSA) is 29.5 Å². The summed E-state index contributed by atoms with van der Waals surface area (Å²) < 4.78 is 6.81. The van der Waals surface area contributed by atoms with Crippen molar-refractivity contribution in [3.05, 3.63) is 35.5 Å². The Morgan fingerprint density at radius 2 is 1.78 bits per heavy atom. The van der Waals surface area contributed by atoms with E-state index in [0.717, 1.165) is 43.9 Å². The Balaban J connectivity index is 1.70. The van der Waals surface area contributed by atoms with Crippen LogP contribution in [0.3, 0.4) is 0 Å². The number of hydrogen-bond donors (Lipinski definition) is 1. The first-order valence-electron chi connectivity index (χ1n) is 15.1. The van der Waals surface area contributed by atoms with Crippen LogP contribution in [0.5, 0.6) is 0 Å². The van der Waals surface area contributed by atoms with E-state index in [1.807, 2.05) is 0 Å². The van der Waals surface area contributed by atoms with Gasteiger partial charge >= 0.3 is 0 Å². The standard InChI is InChI=1S/C33H58O2Si/c1-23(2)31(34)20-14-25(4)29-18-19-30-26(12-11-21-33(29,30)8)15-16-27-22-28(17-13-24(27)3)35-36(9,10)32(5,6)7/h15-16,23,25,28-31,34H,3,11-14,17-22H2,1-2,4-10H3/t25-,28+,29-,30+,31-,33-/m1/s1. The predicted octanol–water partition coefficient (Wildman–Crippen LogP) is 9.62. The van der Waals surface area contributed by atoms with Gasteiger partial charge in [-0.2, -0.15) is 0 Å². The summed E-state index contributed by atoms with van der Waals surface area (Å²) >= 11 is 0. The van der Waals surface area contributed by atoms with Crippen molar-refractivity contribution < 1.29 is 9.53 Å². The second-order valence-electron chi connectivity index (χ2n) is 14.7. The molecule has 0 radical (unpaired) electrons. The summed E-state index contributed by atoms with van der Waals surface area (Å²) in [7, 11) is -1.75. The number of aliphatic hydroxyl groups excluding tert-OH is 1. The molecule has 206 valence electrons. The van der Waals surface area contributed by atoms with Gasteiger partial charge in [0.05, 0.1) is 6.10 Å². The van der Waals surface area contributed by atoms with Crippen LogP contribution in [0.4, 0.5) is 0 Å². The lowest BCUT2D eigenvalue weighted by molar-refractivity contribution is 0.0717. The van der Waals surface area contributed by atoms with Gasteiger partial charge in [-0.3, -0.25) is 0 Å². The van der Waals surface area contributed by atoms with Crippen molar-refractivity contribution in [2.24, 2.45) is 29.1 Å². The van der Waals surface area contributed by atoms with Crippen molar-refractivity contribution in [3.63, 3.8) is 0 Å². The van der Waals surface area contributed by atoms with E-state index >= 15 is 0 Å². The summed E-state index contributed by atoms with van der Waals surface area (Å²) in [4.78, 5) is 0. The molecule has 0 heterocycles. The molecule has 0 amide bonds. The second kappa shape index (κ2) is 11.6. The first-order chi connectivity index (χ1) is 16.7. The van der Waals surface area contributed by atoms with Crippen LogP contribution in [0.15, 0.2) is 35.5 Å². The Bertz CT molecular complexity index is 829. The van der Waals surface area contributed by atoms with E-state index in [1.54, 1.807) is 5.57 Å². The van der Waals surface area contributed by atoms with Crippen molar-refractivity contribution >= 4 is 8.32 Å². The van der Waals surface area contributed by atoms with E-state index in [4.69, 9.17) is 4.43 Å².